The molecule has 0 aliphatic heterocycles. The molecule has 0 radical (unpaired) electrons. The Morgan fingerprint density at radius 1 is 0.872 bits per heavy atom. The summed E-state index contributed by atoms with van der Waals surface area (Å²) in [7, 11) is -8.19. The Morgan fingerprint density at radius 2 is 1.38 bits per heavy atom. The predicted octanol–water partition coefficient (Wildman–Crippen LogP) is 4.29. The highest BCUT2D eigenvalue weighted by Gasteiger charge is 2.31. The van der Waals surface area contributed by atoms with Crippen LogP contribution in [0.5, 0.6) is 5.75 Å². The standard InChI is InChI=1S/C26H29FN4O6S2/c1-18(2)16-31(17-26(33)25(29-30-28)15-19-3-7-21(32)8-4-19)39(36,37)24-13-11-23(12-14-24)38(34,35)22-9-5-20(27)6-10-22/h3-14,18,25-26,32-33H,15-17H2,1-2H3/t25-,26?/m0/s1. The number of azide groups is 1. The van der Waals surface area contributed by atoms with Gasteiger partial charge in [0.05, 0.1) is 26.8 Å². The Hall–Kier alpha value is -3.48. The molecule has 39 heavy (non-hydrogen) atoms. The number of hydrogen-bond acceptors (Lipinski definition) is 7. The quantitative estimate of drug-likeness (QED) is 0.141. The summed E-state index contributed by atoms with van der Waals surface area (Å²) in [5.41, 5.74) is 9.69. The van der Waals surface area contributed by atoms with Crippen molar-refractivity contribution in [2.75, 3.05) is 13.1 Å². The smallest absolute Gasteiger partial charge is 0.243 e. The minimum absolute atomic E-state index is 0.0389. The molecule has 0 bridgehead atoms. The van der Waals surface area contributed by atoms with Crippen molar-refractivity contribution in [1.82, 2.24) is 4.31 Å². The summed E-state index contributed by atoms with van der Waals surface area (Å²) in [6.45, 7) is 3.26. The second kappa shape index (κ2) is 12.6. The normalized spacial score (nSPS) is 13.7. The molecule has 0 fully saturated rings. The van der Waals surface area contributed by atoms with Gasteiger partial charge in [-0.3, -0.25) is 0 Å². The summed E-state index contributed by atoms with van der Waals surface area (Å²) in [4.78, 5) is 2.30. The van der Waals surface area contributed by atoms with Crippen LogP contribution in [0, 0.1) is 11.7 Å². The van der Waals surface area contributed by atoms with Crippen LogP contribution in [0.15, 0.2) is 92.6 Å². The van der Waals surface area contributed by atoms with Crippen LogP contribution in [0.25, 0.3) is 10.4 Å². The monoisotopic (exact) mass is 576 g/mol. The number of aliphatic hydroxyl groups excluding tert-OH is 1. The number of aliphatic hydroxyl groups is 1. The average molecular weight is 577 g/mol. The molecule has 0 aromatic heterocycles. The molecular formula is C26H29FN4O6S2. The lowest BCUT2D eigenvalue weighted by atomic mass is 10.0. The zero-order chi connectivity index (χ0) is 28.8. The molecule has 208 valence electrons. The lowest BCUT2D eigenvalue weighted by molar-refractivity contribution is 0.116. The number of phenolic OH excluding ortho intramolecular Hbond substituents is 1. The van der Waals surface area contributed by atoms with Gasteiger partial charge in [-0.05, 0) is 84.1 Å². The number of hydrogen-bond donors (Lipinski definition) is 2. The fraction of sp³-hybridized carbons (Fsp3) is 0.308. The van der Waals surface area contributed by atoms with Gasteiger partial charge in [0.15, 0.2) is 0 Å². The van der Waals surface area contributed by atoms with Gasteiger partial charge in [-0.1, -0.05) is 31.1 Å². The lowest BCUT2D eigenvalue weighted by Gasteiger charge is -2.28. The number of halogens is 1. The van der Waals surface area contributed by atoms with Gasteiger partial charge in [0.2, 0.25) is 19.9 Å². The maximum Gasteiger partial charge on any atom is 0.243 e. The molecule has 1 unspecified atom stereocenters. The third-order valence-corrected chi connectivity index (χ3v) is 9.51. The SMILES string of the molecule is CC(C)CN(CC(O)[C@H](Cc1ccc(O)cc1)N=[N+]=[N-])S(=O)(=O)c1ccc(S(=O)(=O)c2ccc(F)cc2)cc1. The Kier molecular flexibility index (Phi) is 9.70. The number of phenols is 1. The van der Waals surface area contributed by atoms with Gasteiger partial charge < -0.3 is 10.2 Å². The molecule has 10 nitrogen and oxygen atoms in total. The Labute approximate surface area is 226 Å². The van der Waals surface area contributed by atoms with Crippen LogP contribution < -0.4 is 0 Å². The molecule has 0 spiro atoms. The number of rotatable bonds is 12. The zero-order valence-electron chi connectivity index (χ0n) is 21.3. The third-order valence-electron chi connectivity index (χ3n) is 5.88. The molecule has 2 atom stereocenters. The van der Waals surface area contributed by atoms with Crippen LogP contribution in [-0.2, 0) is 26.3 Å². The van der Waals surface area contributed by atoms with E-state index in [1.54, 1.807) is 26.0 Å². The van der Waals surface area contributed by atoms with Crippen LogP contribution >= 0.6 is 0 Å². The fourth-order valence-corrected chi connectivity index (χ4v) is 6.77. The molecule has 3 rings (SSSR count). The lowest BCUT2D eigenvalue weighted by Crippen LogP contribution is -2.43. The van der Waals surface area contributed by atoms with Crippen LogP contribution in [0.1, 0.15) is 19.4 Å². The maximum atomic E-state index is 13.5. The van der Waals surface area contributed by atoms with Gasteiger partial charge in [-0.2, -0.15) is 4.31 Å². The van der Waals surface area contributed by atoms with E-state index in [4.69, 9.17) is 5.53 Å². The molecule has 2 N–H and O–H groups in total. The third kappa shape index (κ3) is 7.55. The van der Waals surface area contributed by atoms with Crippen molar-refractivity contribution in [2.45, 2.75) is 47.1 Å². The summed E-state index contributed by atoms with van der Waals surface area (Å²) in [5.74, 6) is -0.668. The highest BCUT2D eigenvalue weighted by Crippen LogP contribution is 2.25. The molecule has 0 heterocycles. The van der Waals surface area contributed by atoms with Crippen molar-refractivity contribution in [3.8, 4) is 5.75 Å². The fourth-order valence-electron chi connectivity index (χ4n) is 3.89. The molecule has 13 heteroatoms. The average Bonchev–Trinajstić information content (AvgIpc) is 2.89. The van der Waals surface area contributed by atoms with E-state index < -0.39 is 37.8 Å². The topological polar surface area (TPSA) is 161 Å². The highest BCUT2D eigenvalue weighted by atomic mass is 32.2. The van der Waals surface area contributed by atoms with Gasteiger partial charge in [-0.25, -0.2) is 21.2 Å². The highest BCUT2D eigenvalue weighted by molar-refractivity contribution is 7.91. The molecule has 3 aromatic rings. The molecule has 3 aromatic carbocycles. The molecule has 0 amide bonds. The van der Waals surface area contributed by atoms with Crippen molar-refractivity contribution < 1.29 is 31.4 Å². The summed E-state index contributed by atoms with van der Waals surface area (Å²) >= 11 is 0. The first-order valence-electron chi connectivity index (χ1n) is 12.0. The van der Waals surface area contributed by atoms with E-state index in [2.05, 4.69) is 10.0 Å². The molecule has 0 saturated carbocycles. The largest absolute Gasteiger partial charge is 0.508 e. The van der Waals surface area contributed by atoms with Crippen LogP contribution in [0.3, 0.4) is 0 Å². The van der Waals surface area contributed by atoms with Crippen molar-refractivity contribution >= 4 is 19.9 Å². The van der Waals surface area contributed by atoms with Crippen LogP contribution in [0.2, 0.25) is 0 Å². The van der Waals surface area contributed by atoms with Crippen molar-refractivity contribution in [2.24, 2.45) is 11.0 Å². The van der Waals surface area contributed by atoms with E-state index in [0.717, 1.165) is 52.8 Å². The van der Waals surface area contributed by atoms with Gasteiger partial charge in [-0.15, -0.1) is 0 Å². The molecular weight excluding hydrogens is 547 g/mol. The first-order valence-corrected chi connectivity index (χ1v) is 14.9. The Bertz CT molecular complexity index is 1520. The zero-order valence-corrected chi connectivity index (χ0v) is 22.9. The van der Waals surface area contributed by atoms with Crippen LogP contribution in [-0.4, -0.2) is 56.6 Å². The van der Waals surface area contributed by atoms with E-state index in [-0.39, 0.29) is 45.9 Å². The Balaban J connectivity index is 1.87. The minimum Gasteiger partial charge on any atom is -0.508 e. The molecule has 0 aliphatic rings. The van der Waals surface area contributed by atoms with Gasteiger partial charge >= 0.3 is 0 Å². The minimum atomic E-state index is -4.19. The number of benzene rings is 3. The summed E-state index contributed by atoms with van der Waals surface area (Å²) in [6.07, 6.45) is -1.25. The van der Waals surface area contributed by atoms with Crippen molar-refractivity contribution in [3.05, 3.63) is 94.6 Å². The molecule has 0 aliphatic carbocycles. The van der Waals surface area contributed by atoms with Crippen molar-refractivity contribution in [3.63, 3.8) is 0 Å². The Morgan fingerprint density at radius 3 is 1.90 bits per heavy atom. The van der Waals surface area contributed by atoms with Gasteiger partial charge in [0, 0.05) is 18.0 Å². The number of sulfonamides is 1. The number of nitrogens with zero attached hydrogens (tertiary/aromatic N) is 4. The van der Waals surface area contributed by atoms with E-state index in [9.17, 15) is 31.4 Å². The van der Waals surface area contributed by atoms with E-state index >= 15 is 0 Å². The number of sulfone groups is 1. The first-order chi connectivity index (χ1) is 18.3. The maximum absolute atomic E-state index is 13.5. The second-order valence-corrected chi connectivity index (χ2v) is 13.2. The first kappa shape index (κ1) is 30.1. The number of aromatic hydroxyl groups is 1. The second-order valence-electron chi connectivity index (χ2n) is 9.35. The predicted molar refractivity (Wildman–Crippen MR) is 143 cm³/mol. The summed E-state index contributed by atoms with van der Waals surface area (Å²) < 4.78 is 67.1. The van der Waals surface area contributed by atoms with Crippen LogP contribution in [0.4, 0.5) is 4.39 Å². The molecule has 0 saturated heterocycles. The summed E-state index contributed by atoms with van der Waals surface area (Å²) in [6, 6.07) is 14.0. The van der Waals surface area contributed by atoms with Gasteiger partial charge in [0.1, 0.15) is 11.6 Å². The van der Waals surface area contributed by atoms with E-state index in [1.807, 2.05) is 0 Å². The van der Waals surface area contributed by atoms with Crippen molar-refractivity contribution in [1.29, 1.82) is 0 Å². The summed E-state index contributed by atoms with van der Waals surface area (Å²) in [5, 5.41) is 24.1. The van der Waals surface area contributed by atoms with E-state index in [1.165, 1.54) is 12.1 Å². The van der Waals surface area contributed by atoms with E-state index in [0.29, 0.717) is 5.56 Å². The van der Waals surface area contributed by atoms with Gasteiger partial charge in [0.25, 0.3) is 0 Å².